The summed E-state index contributed by atoms with van der Waals surface area (Å²) in [6.45, 7) is 2.75. The first-order valence-electron chi connectivity index (χ1n) is 4.25. The first kappa shape index (κ1) is 10.7. The summed E-state index contributed by atoms with van der Waals surface area (Å²) in [6, 6.07) is 7.55. The molecule has 0 bridgehead atoms. The molecule has 0 N–H and O–H groups in total. The van der Waals surface area contributed by atoms with Crippen molar-refractivity contribution in [3.05, 3.63) is 29.8 Å². The average Bonchev–Trinajstić information content (AvgIpc) is 2.15. The fourth-order valence-corrected chi connectivity index (χ4v) is 1.36. The zero-order chi connectivity index (χ0) is 9.68. The molecule has 0 amide bonds. The highest BCUT2D eigenvalue weighted by atomic mass is 35.5. The van der Waals surface area contributed by atoms with Crippen LogP contribution in [0.25, 0.3) is 0 Å². The molecule has 1 nitrogen and oxygen atoms in total. The summed E-state index contributed by atoms with van der Waals surface area (Å²) in [5.74, 6) is 0.777. The Bertz CT molecular complexity index is 261. The molecule has 0 saturated carbocycles. The van der Waals surface area contributed by atoms with Crippen LogP contribution in [-0.2, 0) is 0 Å². The van der Waals surface area contributed by atoms with E-state index in [-0.39, 0.29) is 0 Å². The van der Waals surface area contributed by atoms with E-state index in [2.05, 4.69) is 6.92 Å². The van der Waals surface area contributed by atoms with E-state index < -0.39 is 4.84 Å². The van der Waals surface area contributed by atoms with Gasteiger partial charge in [0.05, 0.1) is 6.61 Å². The summed E-state index contributed by atoms with van der Waals surface area (Å²) in [7, 11) is 0. The minimum Gasteiger partial charge on any atom is -0.493 e. The Balaban J connectivity index is 2.78. The largest absolute Gasteiger partial charge is 0.493 e. The molecule has 1 rings (SSSR count). The number of para-hydroxylation sites is 1. The molecular formula is C10H12Cl2O. The van der Waals surface area contributed by atoms with Gasteiger partial charge in [0, 0.05) is 5.56 Å². The summed E-state index contributed by atoms with van der Waals surface area (Å²) in [5.41, 5.74) is 0.833. The van der Waals surface area contributed by atoms with Crippen LogP contribution in [-0.4, -0.2) is 6.61 Å². The summed E-state index contributed by atoms with van der Waals surface area (Å²) in [5, 5.41) is 0. The van der Waals surface area contributed by atoms with E-state index in [4.69, 9.17) is 27.9 Å². The average molecular weight is 219 g/mol. The van der Waals surface area contributed by atoms with Gasteiger partial charge in [-0.25, -0.2) is 0 Å². The Hall–Kier alpha value is -0.400. The quantitative estimate of drug-likeness (QED) is 0.696. The van der Waals surface area contributed by atoms with Crippen LogP contribution in [0.5, 0.6) is 5.75 Å². The van der Waals surface area contributed by atoms with Gasteiger partial charge >= 0.3 is 0 Å². The Morgan fingerprint density at radius 3 is 2.62 bits per heavy atom. The smallest absolute Gasteiger partial charge is 0.136 e. The van der Waals surface area contributed by atoms with E-state index in [1.54, 1.807) is 0 Å². The molecule has 0 aromatic heterocycles. The lowest BCUT2D eigenvalue weighted by Gasteiger charge is -2.10. The topological polar surface area (TPSA) is 9.23 Å². The minimum absolute atomic E-state index is 0.520. The van der Waals surface area contributed by atoms with Gasteiger partial charge in [-0.2, -0.15) is 0 Å². The Morgan fingerprint density at radius 1 is 1.31 bits per heavy atom. The second-order valence-electron chi connectivity index (χ2n) is 2.69. The molecule has 13 heavy (non-hydrogen) atoms. The molecular weight excluding hydrogens is 207 g/mol. The third-order valence-corrected chi connectivity index (χ3v) is 2.09. The van der Waals surface area contributed by atoms with Crippen molar-refractivity contribution in [2.45, 2.75) is 18.2 Å². The molecule has 0 saturated heterocycles. The molecule has 1 aromatic rings. The molecule has 0 aliphatic carbocycles. The fourth-order valence-electron chi connectivity index (χ4n) is 1.00. The lowest BCUT2D eigenvalue weighted by molar-refractivity contribution is 0.315. The maximum atomic E-state index is 5.77. The zero-order valence-electron chi connectivity index (χ0n) is 7.47. The molecule has 0 heterocycles. The lowest BCUT2D eigenvalue weighted by atomic mass is 10.2. The molecule has 1 aromatic carbocycles. The van der Waals surface area contributed by atoms with Crippen LogP contribution in [0.1, 0.15) is 23.7 Å². The molecule has 0 aliphatic rings. The highest BCUT2D eigenvalue weighted by Crippen LogP contribution is 2.32. The van der Waals surface area contributed by atoms with Crippen molar-refractivity contribution in [3.8, 4) is 5.75 Å². The number of hydrogen-bond donors (Lipinski definition) is 0. The number of benzene rings is 1. The second-order valence-corrected chi connectivity index (χ2v) is 3.78. The van der Waals surface area contributed by atoms with Crippen LogP contribution >= 0.6 is 23.2 Å². The van der Waals surface area contributed by atoms with E-state index in [0.29, 0.717) is 6.61 Å². The molecule has 0 unspecified atom stereocenters. The normalized spacial score (nSPS) is 10.5. The van der Waals surface area contributed by atoms with Crippen LogP contribution in [0.15, 0.2) is 24.3 Å². The first-order chi connectivity index (χ1) is 6.25. The van der Waals surface area contributed by atoms with Crippen LogP contribution in [0.2, 0.25) is 0 Å². The lowest BCUT2D eigenvalue weighted by Crippen LogP contribution is -1.98. The van der Waals surface area contributed by atoms with Gasteiger partial charge in [-0.05, 0) is 12.5 Å². The number of alkyl halides is 2. The molecule has 0 spiro atoms. The van der Waals surface area contributed by atoms with Crippen LogP contribution in [0, 0.1) is 0 Å². The second kappa shape index (κ2) is 5.36. The summed E-state index contributed by atoms with van der Waals surface area (Å²) in [6.07, 6.45) is 0.976. The monoisotopic (exact) mass is 218 g/mol. The van der Waals surface area contributed by atoms with Gasteiger partial charge in [-0.3, -0.25) is 0 Å². The van der Waals surface area contributed by atoms with Crippen LogP contribution in [0.4, 0.5) is 0 Å². The van der Waals surface area contributed by atoms with E-state index in [9.17, 15) is 0 Å². The summed E-state index contributed by atoms with van der Waals surface area (Å²) in [4.78, 5) is -0.520. The summed E-state index contributed by atoms with van der Waals surface area (Å²) >= 11 is 11.5. The van der Waals surface area contributed by atoms with E-state index >= 15 is 0 Å². The van der Waals surface area contributed by atoms with E-state index in [0.717, 1.165) is 17.7 Å². The molecule has 0 aliphatic heterocycles. The van der Waals surface area contributed by atoms with Crippen molar-refractivity contribution in [2.24, 2.45) is 0 Å². The van der Waals surface area contributed by atoms with Crippen molar-refractivity contribution in [3.63, 3.8) is 0 Å². The Kier molecular flexibility index (Phi) is 4.40. The fraction of sp³-hybridized carbons (Fsp3) is 0.400. The van der Waals surface area contributed by atoms with Gasteiger partial charge in [0.2, 0.25) is 0 Å². The van der Waals surface area contributed by atoms with Crippen LogP contribution < -0.4 is 4.74 Å². The first-order valence-corrected chi connectivity index (χ1v) is 5.13. The number of hydrogen-bond acceptors (Lipinski definition) is 1. The van der Waals surface area contributed by atoms with Gasteiger partial charge < -0.3 is 4.74 Å². The Morgan fingerprint density at radius 2 is 2.00 bits per heavy atom. The standard InChI is InChI=1S/C10H12Cl2O/c1-2-7-13-9-6-4-3-5-8(9)10(11)12/h3-6,10H,2,7H2,1H3. The van der Waals surface area contributed by atoms with Crippen molar-refractivity contribution in [1.82, 2.24) is 0 Å². The third kappa shape index (κ3) is 3.09. The molecule has 72 valence electrons. The molecule has 0 atom stereocenters. The molecule has 0 fully saturated rings. The van der Waals surface area contributed by atoms with Crippen molar-refractivity contribution >= 4 is 23.2 Å². The number of rotatable bonds is 4. The third-order valence-electron chi connectivity index (χ3n) is 1.62. The van der Waals surface area contributed by atoms with Gasteiger partial charge in [-0.1, -0.05) is 48.3 Å². The van der Waals surface area contributed by atoms with Gasteiger partial charge in [0.25, 0.3) is 0 Å². The molecule has 0 radical (unpaired) electrons. The number of halogens is 2. The van der Waals surface area contributed by atoms with Gasteiger partial charge in [0.15, 0.2) is 0 Å². The predicted molar refractivity (Wildman–Crippen MR) is 56.7 cm³/mol. The Labute approximate surface area is 88.6 Å². The van der Waals surface area contributed by atoms with Crippen molar-refractivity contribution in [1.29, 1.82) is 0 Å². The molecule has 3 heteroatoms. The highest BCUT2D eigenvalue weighted by molar-refractivity contribution is 6.44. The van der Waals surface area contributed by atoms with E-state index in [1.807, 2.05) is 24.3 Å². The van der Waals surface area contributed by atoms with Gasteiger partial charge in [-0.15, -0.1) is 0 Å². The van der Waals surface area contributed by atoms with Crippen LogP contribution in [0.3, 0.4) is 0 Å². The SMILES string of the molecule is CCCOc1ccccc1C(Cl)Cl. The highest BCUT2D eigenvalue weighted by Gasteiger charge is 2.09. The maximum Gasteiger partial charge on any atom is 0.136 e. The zero-order valence-corrected chi connectivity index (χ0v) is 8.98. The minimum atomic E-state index is -0.520. The van der Waals surface area contributed by atoms with E-state index in [1.165, 1.54) is 0 Å². The maximum absolute atomic E-state index is 5.77. The summed E-state index contributed by atoms with van der Waals surface area (Å²) < 4.78 is 5.48. The predicted octanol–water partition coefficient (Wildman–Crippen LogP) is 3.95. The number of ether oxygens (including phenoxy) is 1. The van der Waals surface area contributed by atoms with Gasteiger partial charge in [0.1, 0.15) is 10.6 Å². The van der Waals surface area contributed by atoms with Crippen molar-refractivity contribution in [2.75, 3.05) is 6.61 Å². The van der Waals surface area contributed by atoms with Crippen molar-refractivity contribution < 1.29 is 4.74 Å².